The lowest BCUT2D eigenvalue weighted by atomic mass is 9.86. The summed E-state index contributed by atoms with van der Waals surface area (Å²) in [6, 6.07) is 8.92. The fourth-order valence-corrected chi connectivity index (χ4v) is 2.60. The van der Waals surface area contributed by atoms with Crippen LogP contribution in [0.4, 0.5) is 0 Å². The van der Waals surface area contributed by atoms with Gasteiger partial charge in [-0.3, -0.25) is 0 Å². The van der Waals surface area contributed by atoms with Crippen molar-refractivity contribution in [3.8, 4) is 0 Å². The van der Waals surface area contributed by atoms with Crippen LogP contribution in [0.3, 0.4) is 0 Å². The number of fused-ring (bicyclic) bond motifs is 1. The van der Waals surface area contributed by atoms with E-state index in [0.717, 1.165) is 11.0 Å². The number of aromatic nitrogens is 2. The van der Waals surface area contributed by atoms with Crippen LogP contribution in [-0.2, 0) is 0 Å². The molecule has 0 aliphatic heterocycles. The van der Waals surface area contributed by atoms with Crippen molar-refractivity contribution in [1.82, 2.24) is 9.97 Å². The lowest BCUT2D eigenvalue weighted by Gasteiger charge is -2.22. The highest BCUT2D eigenvalue weighted by molar-refractivity contribution is 5.74. The molecule has 3 nitrogen and oxygen atoms in total. The summed E-state index contributed by atoms with van der Waals surface area (Å²) < 4.78 is 0. The molecule has 0 bridgehead atoms. The molecular weight excluding hydrogens is 198 g/mol. The van der Waals surface area contributed by atoms with Gasteiger partial charge in [0.15, 0.2) is 0 Å². The molecule has 4 N–H and O–H groups in total. The highest BCUT2D eigenvalue weighted by atomic mass is 14.9. The van der Waals surface area contributed by atoms with E-state index in [1.807, 2.05) is 6.07 Å². The Hall–Kier alpha value is -1.35. The molecule has 0 spiro atoms. The van der Waals surface area contributed by atoms with Gasteiger partial charge in [-0.2, -0.15) is 0 Å². The SMILES string of the molecule is [NH3+]C1CCC(c2nc3ccccc3[nH]2)CC1. The van der Waals surface area contributed by atoms with Crippen molar-refractivity contribution in [2.45, 2.75) is 37.6 Å². The number of imidazole rings is 1. The molecule has 3 rings (SSSR count). The quantitative estimate of drug-likeness (QED) is 0.750. The van der Waals surface area contributed by atoms with E-state index in [2.05, 4.69) is 33.9 Å². The number of H-pyrrole nitrogens is 1. The topological polar surface area (TPSA) is 56.3 Å². The summed E-state index contributed by atoms with van der Waals surface area (Å²) in [5.74, 6) is 1.79. The first-order chi connectivity index (χ1) is 7.83. The Balaban J connectivity index is 1.88. The highest BCUT2D eigenvalue weighted by Gasteiger charge is 2.23. The fraction of sp³-hybridized carbons (Fsp3) is 0.462. The van der Waals surface area contributed by atoms with Gasteiger partial charge in [0.1, 0.15) is 5.82 Å². The largest absolute Gasteiger partial charge is 0.355 e. The standard InChI is InChI=1S/C13H17N3/c14-10-7-5-9(6-8-10)13-15-11-3-1-2-4-12(11)16-13/h1-4,9-10H,5-8,14H2,(H,15,16)/p+1. The smallest absolute Gasteiger partial charge is 0.110 e. The third-order valence-corrected chi connectivity index (χ3v) is 3.64. The average Bonchev–Trinajstić information content (AvgIpc) is 2.73. The number of para-hydroxylation sites is 2. The molecular formula is C13H18N3+. The molecule has 2 aromatic rings. The van der Waals surface area contributed by atoms with Crippen LogP contribution in [-0.4, -0.2) is 16.0 Å². The number of hydrogen-bond donors (Lipinski definition) is 2. The molecule has 1 saturated carbocycles. The molecule has 0 atom stereocenters. The Morgan fingerprint density at radius 1 is 1.12 bits per heavy atom. The predicted octanol–water partition coefficient (Wildman–Crippen LogP) is 1.83. The molecule has 1 heterocycles. The van der Waals surface area contributed by atoms with E-state index in [0.29, 0.717) is 12.0 Å². The minimum atomic E-state index is 0.616. The lowest BCUT2D eigenvalue weighted by Crippen LogP contribution is -2.61. The van der Waals surface area contributed by atoms with Gasteiger partial charge in [0, 0.05) is 5.92 Å². The first kappa shape index (κ1) is 9.85. The van der Waals surface area contributed by atoms with E-state index in [-0.39, 0.29) is 0 Å². The van der Waals surface area contributed by atoms with Gasteiger partial charge in [0.25, 0.3) is 0 Å². The molecule has 1 fully saturated rings. The maximum Gasteiger partial charge on any atom is 0.110 e. The third-order valence-electron chi connectivity index (χ3n) is 3.64. The Morgan fingerprint density at radius 3 is 2.62 bits per heavy atom. The minimum Gasteiger partial charge on any atom is -0.355 e. The van der Waals surface area contributed by atoms with E-state index in [4.69, 9.17) is 0 Å². The molecule has 0 amide bonds. The summed E-state index contributed by atoms with van der Waals surface area (Å²) in [6.07, 6.45) is 4.94. The van der Waals surface area contributed by atoms with Crippen LogP contribution in [0.5, 0.6) is 0 Å². The Labute approximate surface area is 95.1 Å². The van der Waals surface area contributed by atoms with Crippen molar-refractivity contribution < 1.29 is 5.73 Å². The molecule has 84 valence electrons. The summed E-state index contributed by atoms with van der Waals surface area (Å²) in [4.78, 5) is 8.13. The highest BCUT2D eigenvalue weighted by Crippen LogP contribution is 2.31. The second kappa shape index (κ2) is 3.91. The molecule has 1 aromatic carbocycles. The van der Waals surface area contributed by atoms with Crippen molar-refractivity contribution in [1.29, 1.82) is 0 Å². The first-order valence-corrected chi connectivity index (χ1v) is 6.10. The van der Waals surface area contributed by atoms with Crippen molar-refractivity contribution in [2.75, 3.05) is 0 Å². The van der Waals surface area contributed by atoms with Gasteiger partial charge in [-0.25, -0.2) is 4.98 Å². The van der Waals surface area contributed by atoms with Gasteiger partial charge >= 0.3 is 0 Å². The van der Waals surface area contributed by atoms with E-state index >= 15 is 0 Å². The van der Waals surface area contributed by atoms with Crippen molar-refractivity contribution in [3.63, 3.8) is 0 Å². The molecule has 0 saturated heterocycles. The second-order valence-corrected chi connectivity index (χ2v) is 4.86. The van der Waals surface area contributed by atoms with Crippen LogP contribution in [0.1, 0.15) is 37.4 Å². The number of aromatic amines is 1. The number of quaternary nitrogens is 1. The first-order valence-electron chi connectivity index (χ1n) is 6.10. The van der Waals surface area contributed by atoms with Gasteiger partial charge in [-0.05, 0) is 37.8 Å². The lowest BCUT2D eigenvalue weighted by molar-refractivity contribution is -0.425. The molecule has 0 unspecified atom stereocenters. The third kappa shape index (κ3) is 1.71. The van der Waals surface area contributed by atoms with Crippen molar-refractivity contribution in [3.05, 3.63) is 30.1 Å². The molecule has 1 aromatic heterocycles. The fourth-order valence-electron chi connectivity index (χ4n) is 2.60. The zero-order valence-corrected chi connectivity index (χ0v) is 9.45. The minimum absolute atomic E-state index is 0.616. The van der Waals surface area contributed by atoms with Crippen molar-refractivity contribution in [2.24, 2.45) is 0 Å². The molecule has 16 heavy (non-hydrogen) atoms. The van der Waals surface area contributed by atoms with Crippen LogP contribution in [0.25, 0.3) is 11.0 Å². The molecule has 1 aliphatic carbocycles. The van der Waals surface area contributed by atoms with Gasteiger partial charge in [0.2, 0.25) is 0 Å². The summed E-state index contributed by atoms with van der Waals surface area (Å²) >= 11 is 0. The van der Waals surface area contributed by atoms with Gasteiger partial charge in [-0.15, -0.1) is 0 Å². The average molecular weight is 216 g/mol. The summed E-state index contributed by atoms with van der Waals surface area (Å²) in [5.41, 5.74) is 6.39. The van der Waals surface area contributed by atoms with Gasteiger partial charge in [-0.1, -0.05) is 12.1 Å². The van der Waals surface area contributed by atoms with Crippen LogP contribution < -0.4 is 5.73 Å². The van der Waals surface area contributed by atoms with E-state index < -0.39 is 0 Å². The maximum absolute atomic E-state index is 4.69. The van der Waals surface area contributed by atoms with Crippen LogP contribution in [0.2, 0.25) is 0 Å². The predicted molar refractivity (Wildman–Crippen MR) is 64.0 cm³/mol. The van der Waals surface area contributed by atoms with E-state index in [1.165, 1.54) is 31.5 Å². The molecule has 1 aliphatic rings. The maximum atomic E-state index is 4.69. The van der Waals surface area contributed by atoms with Gasteiger partial charge in [0.05, 0.1) is 17.1 Å². The zero-order valence-electron chi connectivity index (χ0n) is 9.45. The van der Waals surface area contributed by atoms with Gasteiger partial charge < -0.3 is 10.7 Å². The summed E-state index contributed by atoms with van der Waals surface area (Å²) in [7, 11) is 0. The molecule has 3 heteroatoms. The monoisotopic (exact) mass is 216 g/mol. The number of nitrogens with zero attached hydrogens (tertiary/aromatic N) is 1. The van der Waals surface area contributed by atoms with E-state index in [1.54, 1.807) is 0 Å². The summed E-state index contributed by atoms with van der Waals surface area (Å²) in [6.45, 7) is 0. The number of nitrogens with one attached hydrogen (secondary N) is 1. The zero-order chi connectivity index (χ0) is 11.0. The number of rotatable bonds is 1. The summed E-state index contributed by atoms with van der Waals surface area (Å²) in [5, 5.41) is 0. The second-order valence-electron chi connectivity index (χ2n) is 4.86. The van der Waals surface area contributed by atoms with Crippen LogP contribution in [0.15, 0.2) is 24.3 Å². The Morgan fingerprint density at radius 2 is 1.88 bits per heavy atom. The van der Waals surface area contributed by atoms with Crippen LogP contribution >= 0.6 is 0 Å². The molecule has 0 radical (unpaired) electrons. The van der Waals surface area contributed by atoms with E-state index in [9.17, 15) is 0 Å². The normalized spacial score (nSPS) is 26.1. The number of benzene rings is 1. The Kier molecular flexibility index (Phi) is 2.40. The number of hydrogen-bond acceptors (Lipinski definition) is 1. The Bertz CT molecular complexity index is 448. The van der Waals surface area contributed by atoms with Crippen molar-refractivity contribution >= 4 is 11.0 Å². The van der Waals surface area contributed by atoms with Crippen LogP contribution in [0, 0.1) is 0 Å².